The molecule has 1 N–H and O–H groups in total. The van der Waals surface area contributed by atoms with Crippen LogP contribution in [-0.4, -0.2) is 45.3 Å². The van der Waals surface area contributed by atoms with Gasteiger partial charge in [0.05, 0.1) is 24.7 Å². The standard InChI is InChI=1S/C29H34F2N4O2/c1-17(2)23-12-11-21(13-25(23)31)28(20-9-7-6-8-10-20)32-29(37)26-14-22(30)16-35(26)27(36)15-24-18(3)33-34(5)19(24)4/h6-13,17,22,26,28H,14-16H2,1-5H3,(H,32,37). The molecule has 6 nitrogen and oxygen atoms in total. The fourth-order valence-corrected chi connectivity index (χ4v) is 5.07. The number of aryl methyl sites for hydroxylation is 2. The molecule has 0 saturated carbocycles. The zero-order valence-electron chi connectivity index (χ0n) is 22.0. The van der Waals surface area contributed by atoms with E-state index in [2.05, 4.69) is 10.4 Å². The molecule has 1 aliphatic rings. The largest absolute Gasteiger partial charge is 0.343 e. The lowest BCUT2D eigenvalue weighted by molar-refractivity contribution is -0.138. The number of hydrogen-bond acceptors (Lipinski definition) is 3. The number of halogens is 2. The smallest absolute Gasteiger partial charge is 0.243 e. The molecule has 2 heterocycles. The Hall–Kier alpha value is -3.55. The molecule has 0 radical (unpaired) electrons. The predicted molar refractivity (Wildman–Crippen MR) is 138 cm³/mol. The molecule has 0 spiro atoms. The summed E-state index contributed by atoms with van der Waals surface area (Å²) in [6.07, 6.45) is -1.33. The fourth-order valence-electron chi connectivity index (χ4n) is 5.07. The van der Waals surface area contributed by atoms with Gasteiger partial charge in [0.1, 0.15) is 18.0 Å². The number of amides is 2. The third-order valence-corrected chi connectivity index (χ3v) is 7.26. The molecule has 3 atom stereocenters. The summed E-state index contributed by atoms with van der Waals surface area (Å²) in [4.78, 5) is 28.1. The van der Waals surface area contributed by atoms with Gasteiger partial charge >= 0.3 is 0 Å². The predicted octanol–water partition coefficient (Wildman–Crippen LogP) is 4.69. The van der Waals surface area contributed by atoms with Gasteiger partial charge in [-0.2, -0.15) is 5.10 Å². The van der Waals surface area contributed by atoms with Gasteiger partial charge in [-0.15, -0.1) is 0 Å². The Labute approximate surface area is 216 Å². The molecule has 3 aromatic rings. The highest BCUT2D eigenvalue weighted by Crippen LogP contribution is 2.29. The van der Waals surface area contributed by atoms with Crippen molar-refractivity contribution in [3.05, 3.63) is 88.0 Å². The highest BCUT2D eigenvalue weighted by Gasteiger charge is 2.40. The lowest BCUT2D eigenvalue weighted by atomic mass is 9.94. The molecule has 1 saturated heterocycles. The quantitative estimate of drug-likeness (QED) is 0.504. The maximum Gasteiger partial charge on any atom is 0.243 e. The molecule has 1 aromatic heterocycles. The number of alkyl halides is 1. The molecule has 0 aliphatic carbocycles. The number of nitrogens with zero attached hydrogens (tertiary/aromatic N) is 3. The molecule has 2 amide bonds. The van der Waals surface area contributed by atoms with Crippen molar-refractivity contribution in [2.24, 2.45) is 7.05 Å². The summed E-state index contributed by atoms with van der Waals surface area (Å²) in [7, 11) is 1.81. The van der Waals surface area contributed by atoms with Crippen molar-refractivity contribution in [2.45, 2.75) is 64.7 Å². The van der Waals surface area contributed by atoms with Crippen LogP contribution in [0.1, 0.15) is 65.9 Å². The van der Waals surface area contributed by atoms with Gasteiger partial charge in [-0.05, 0) is 42.5 Å². The van der Waals surface area contributed by atoms with Gasteiger partial charge in [0, 0.05) is 24.7 Å². The van der Waals surface area contributed by atoms with E-state index in [-0.39, 0.29) is 37.0 Å². The summed E-state index contributed by atoms with van der Waals surface area (Å²) in [5.74, 6) is -1.10. The van der Waals surface area contributed by atoms with Crippen LogP contribution < -0.4 is 5.32 Å². The third kappa shape index (κ3) is 5.58. The lowest BCUT2D eigenvalue weighted by Crippen LogP contribution is -2.47. The summed E-state index contributed by atoms with van der Waals surface area (Å²) in [6, 6.07) is 12.6. The van der Waals surface area contributed by atoms with Crippen LogP contribution in [0.25, 0.3) is 0 Å². The maximum atomic E-state index is 14.9. The molecule has 3 unspecified atom stereocenters. The van der Waals surface area contributed by atoms with E-state index >= 15 is 0 Å². The first-order valence-electron chi connectivity index (χ1n) is 12.6. The number of hydrogen-bond donors (Lipinski definition) is 1. The minimum atomic E-state index is -1.30. The molecule has 1 fully saturated rings. The van der Waals surface area contributed by atoms with Gasteiger partial charge in [-0.25, -0.2) is 8.78 Å². The van der Waals surface area contributed by atoms with Crippen LogP contribution >= 0.6 is 0 Å². The van der Waals surface area contributed by atoms with Crippen LogP contribution in [0, 0.1) is 19.7 Å². The third-order valence-electron chi connectivity index (χ3n) is 7.26. The van der Waals surface area contributed by atoms with Gasteiger partial charge in [-0.1, -0.05) is 56.3 Å². The maximum absolute atomic E-state index is 14.9. The van der Waals surface area contributed by atoms with Crippen LogP contribution in [0.15, 0.2) is 48.5 Å². The topological polar surface area (TPSA) is 67.2 Å². The molecule has 8 heteroatoms. The first-order valence-corrected chi connectivity index (χ1v) is 12.6. The van der Waals surface area contributed by atoms with Gasteiger partial charge in [0.15, 0.2) is 0 Å². The highest BCUT2D eigenvalue weighted by atomic mass is 19.1. The SMILES string of the molecule is Cc1nn(C)c(C)c1CC(=O)N1CC(F)CC1C(=O)NC(c1ccccc1)c1ccc(C(C)C)c(F)c1. The molecular formula is C29H34F2N4O2. The summed E-state index contributed by atoms with van der Waals surface area (Å²) in [6.45, 7) is 7.41. The van der Waals surface area contributed by atoms with Crippen molar-refractivity contribution in [3.63, 3.8) is 0 Å². The summed E-state index contributed by atoms with van der Waals surface area (Å²) in [5, 5.41) is 7.33. The summed E-state index contributed by atoms with van der Waals surface area (Å²) in [5.41, 5.74) is 4.32. The average molecular weight is 509 g/mol. The minimum Gasteiger partial charge on any atom is -0.343 e. The number of nitrogens with one attached hydrogen (secondary N) is 1. The fraction of sp³-hybridized carbons (Fsp3) is 0.414. The zero-order chi connectivity index (χ0) is 26.9. The van der Waals surface area contributed by atoms with E-state index in [1.54, 1.807) is 23.9 Å². The second-order valence-corrected chi connectivity index (χ2v) is 10.1. The van der Waals surface area contributed by atoms with E-state index in [1.165, 1.54) is 11.0 Å². The monoisotopic (exact) mass is 508 g/mol. The molecule has 37 heavy (non-hydrogen) atoms. The Kier molecular flexibility index (Phi) is 7.76. The first-order chi connectivity index (χ1) is 17.6. The highest BCUT2D eigenvalue weighted by molar-refractivity contribution is 5.89. The molecule has 196 valence electrons. The number of likely N-dealkylation sites (tertiary alicyclic amines) is 1. The van der Waals surface area contributed by atoms with Gasteiger partial charge < -0.3 is 10.2 Å². The molecule has 4 rings (SSSR count). The second-order valence-electron chi connectivity index (χ2n) is 10.1. The van der Waals surface area contributed by atoms with E-state index in [9.17, 15) is 18.4 Å². The number of rotatable bonds is 7. The van der Waals surface area contributed by atoms with Crippen molar-refractivity contribution in [3.8, 4) is 0 Å². The van der Waals surface area contributed by atoms with E-state index in [0.29, 0.717) is 11.1 Å². The van der Waals surface area contributed by atoms with Crippen molar-refractivity contribution in [1.29, 1.82) is 0 Å². The van der Waals surface area contributed by atoms with Crippen LogP contribution in [-0.2, 0) is 23.1 Å². The zero-order valence-corrected chi connectivity index (χ0v) is 22.0. The van der Waals surface area contributed by atoms with Crippen molar-refractivity contribution in [2.75, 3.05) is 6.54 Å². The van der Waals surface area contributed by atoms with E-state index in [0.717, 1.165) is 22.5 Å². The van der Waals surface area contributed by atoms with E-state index in [4.69, 9.17) is 0 Å². The molecule has 0 bridgehead atoms. The van der Waals surface area contributed by atoms with Crippen molar-refractivity contribution < 1.29 is 18.4 Å². The van der Waals surface area contributed by atoms with Crippen molar-refractivity contribution in [1.82, 2.24) is 20.0 Å². The van der Waals surface area contributed by atoms with Crippen LogP contribution in [0.2, 0.25) is 0 Å². The Morgan fingerprint density at radius 1 is 1.11 bits per heavy atom. The average Bonchev–Trinajstić information content (AvgIpc) is 3.37. The van der Waals surface area contributed by atoms with Gasteiger partial charge in [0.2, 0.25) is 11.8 Å². The molecular weight excluding hydrogens is 474 g/mol. The van der Waals surface area contributed by atoms with Crippen LogP contribution in [0.4, 0.5) is 8.78 Å². The Bertz CT molecular complexity index is 1290. The summed E-state index contributed by atoms with van der Waals surface area (Å²) >= 11 is 0. The van der Waals surface area contributed by atoms with Crippen molar-refractivity contribution >= 4 is 11.8 Å². The molecule has 2 aromatic carbocycles. The second kappa shape index (κ2) is 10.8. The summed E-state index contributed by atoms with van der Waals surface area (Å²) < 4.78 is 31.2. The van der Waals surface area contributed by atoms with Crippen LogP contribution in [0.5, 0.6) is 0 Å². The van der Waals surface area contributed by atoms with E-state index < -0.39 is 24.2 Å². The Morgan fingerprint density at radius 2 is 1.81 bits per heavy atom. The molecule has 1 aliphatic heterocycles. The minimum absolute atomic E-state index is 0.0189. The van der Waals surface area contributed by atoms with Gasteiger partial charge in [-0.3, -0.25) is 14.3 Å². The number of benzene rings is 2. The lowest BCUT2D eigenvalue weighted by Gasteiger charge is -2.27. The number of carbonyl (C=O) groups is 2. The van der Waals surface area contributed by atoms with Gasteiger partial charge in [0.25, 0.3) is 0 Å². The first kappa shape index (κ1) is 26.5. The normalized spacial score (nSPS) is 18.3. The number of aromatic nitrogens is 2. The Morgan fingerprint density at radius 3 is 2.41 bits per heavy atom. The van der Waals surface area contributed by atoms with Crippen LogP contribution in [0.3, 0.4) is 0 Å². The van der Waals surface area contributed by atoms with E-state index in [1.807, 2.05) is 58.0 Å². The number of carbonyl (C=O) groups excluding carboxylic acids is 2. The Balaban J connectivity index is 1.59.